The molecule has 0 unspecified atom stereocenters. The van der Waals surface area contributed by atoms with E-state index in [9.17, 15) is 4.79 Å². The van der Waals surface area contributed by atoms with Crippen molar-refractivity contribution in [2.75, 3.05) is 5.75 Å². The van der Waals surface area contributed by atoms with Gasteiger partial charge in [0.15, 0.2) is 5.16 Å². The molecule has 1 aliphatic heterocycles. The fraction of sp³-hybridized carbons (Fsp3) is 0.850. The van der Waals surface area contributed by atoms with E-state index in [1.165, 1.54) is 38.4 Å². The molecule has 7 nitrogen and oxygen atoms in total. The minimum Gasteiger partial charge on any atom is -0.444 e. The molecule has 2 heterocycles. The van der Waals surface area contributed by atoms with Crippen LogP contribution in [0.5, 0.6) is 0 Å². The Kier molecular flexibility index (Phi) is 6.59. The zero-order chi connectivity index (χ0) is 20.4. The summed E-state index contributed by atoms with van der Waals surface area (Å²) >= 11 is 1.58. The Morgan fingerprint density at radius 2 is 2.07 bits per heavy atom. The zero-order valence-electron chi connectivity index (χ0n) is 17.7. The highest BCUT2D eigenvalue weighted by Crippen LogP contribution is 2.40. The number of nitrogens with one attached hydrogen (secondary N) is 1. The van der Waals surface area contributed by atoms with Gasteiger partial charge in [-0.1, -0.05) is 43.9 Å². The fourth-order valence-electron chi connectivity index (χ4n) is 4.33. The summed E-state index contributed by atoms with van der Waals surface area (Å²) in [6.45, 7) is 9.64. The lowest BCUT2D eigenvalue weighted by molar-refractivity contribution is -0.0751. The van der Waals surface area contributed by atoms with Crippen molar-refractivity contribution in [2.45, 2.75) is 102 Å². The fourth-order valence-corrected chi connectivity index (χ4v) is 5.18. The number of aromatic nitrogens is 3. The second kappa shape index (κ2) is 8.61. The summed E-state index contributed by atoms with van der Waals surface area (Å²) < 4.78 is 12.1. The number of aromatic amines is 1. The molecule has 158 valence electrons. The largest absolute Gasteiger partial charge is 0.444 e. The first-order chi connectivity index (χ1) is 13.2. The standard InChI is InChI=1S/C20H34N4O3S/c1-19(2,3)27-18(25)24-15(11-14-9-7-6-8-10-14)16(26-20(24,4)5)12-28-17-21-13-22-23-17/h13-16H,6-12H2,1-5H3,(H,21,22,23)/t15-,16-/m0/s1. The lowest BCUT2D eigenvalue weighted by Gasteiger charge is -2.36. The number of carbonyl (C=O) groups is 1. The molecule has 1 N–H and O–H groups in total. The van der Waals surface area contributed by atoms with E-state index < -0.39 is 11.3 Å². The van der Waals surface area contributed by atoms with Gasteiger partial charge in [0.1, 0.15) is 17.7 Å². The third-order valence-corrected chi connectivity index (χ3v) is 6.41. The number of amides is 1. The van der Waals surface area contributed by atoms with E-state index >= 15 is 0 Å². The van der Waals surface area contributed by atoms with E-state index in [4.69, 9.17) is 9.47 Å². The highest BCUT2D eigenvalue weighted by molar-refractivity contribution is 7.99. The molecule has 28 heavy (non-hydrogen) atoms. The van der Waals surface area contributed by atoms with Crippen molar-refractivity contribution in [3.05, 3.63) is 6.33 Å². The van der Waals surface area contributed by atoms with Gasteiger partial charge in [0.05, 0.1) is 12.1 Å². The highest BCUT2D eigenvalue weighted by Gasteiger charge is 2.51. The van der Waals surface area contributed by atoms with Gasteiger partial charge in [0, 0.05) is 5.75 Å². The average molecular weight is 411 g/mol. The van der Waals surface area contributed by atoms with E-state index in [-0.39, 0.29) is 18.2 Å². The molecule has 0 aromatic carbocycles. The summed E-state index contributed by atoms with van der Waals surface area (Å²) in [5.41, 5.74) is -1.23. The molecule has 1 saturated carbocycles. The van der Waals surface area contributed by atoms with Crippen LogP contribution in [-0.4, -0.2) is 55.4 Å². The third kappa shape index (κ3) is 5.41. The predicted octanol–water partition coefficient (Wildman–Crippen LogP) is 4.61. The maximum atomic E-state index is 13.1. The van der Waals surface area contributed by atoms with Crippen LogP contribution in [0.15, 0.2) is 11.5 Å². The summed E-state index contributed by atoms with van der Waals surface area (Å²) in [6.07, 6.45) is 8.48. The van der Waals surface area contributed by atoms with Gasteiger partial charge in [-0.2, -0.15) is 5.10 Å². The number of thioether (sulfide) groups is 1. The van der Waals surface area contributed by atoms with Crippen LogP contribution in [0.4, 0.5) is 4.79 Å². The molecular weight excluding hydrogens is 376 g/mol. The second-order valence-electron chi connectivity index (χ2n) is 9.36. The van der Waals surface area contributed by atoms with E-state index in [1.54, 1.807) is 11.8 Å². The van der Waals surface area contributed by atoms with Gasteiger partial charge in [-0.15, -0.1) is 0 Å². The Bertz CT molecular complexity index is 638. The van der Waals surface area contributed by atoms with Crippen molar-refractivity contribution in [2.24, 2.45) is 5.92 Å². The minimum absolute atomic E-state index is 0.00312. The maximum Gasteiger partial charge on any atom is 0.412 e. The van der Waals surface area contributed by atoms with Crippen LogP contribution in [0.25, 0.3) is 0 Å². The summed E-state index contributed by atoms with van der Waals surface area (Å²) in [7, 11) is 0. The average Bonchev–Trinajstić information content (AvgIpc) is 3.18. The molecule has 1 aliphatic carbocycles. The summed E-state index contributed by atoms with van der Waals surface area (Å²) in [5, 5.41) is 7.57. The first kappa shape index (κ1) is 21.4. The topological polar surface area (TPSA) is 80.3 Å². The van der Waals surface area contributed by atoms with Crippen molar-refractivity contribution in [3.63, 3.8) is 0 Å². The Labute approximate surface area is 172 Å². The maximum absolute atomic E-state index is 13.1. The smallest absolute Gasteiger partial charge is 0.412 e. The Morgan fingerprint density at radius 1 is 1.36 bits per heavy atom. The molecule has 8 heteroatoms. The molecule has 0 bridgehead atoms. The van der Waals surface area contributed by atoms with Gasteiger partial charge in [-0.25, -0.2) is 9.78 Å². The quantitative estimate of drug-likeness (QED) is 0.714. The van der Waals surface area contributed by atoms with E-state index in [0.717, 1.165) is 17.3 Å². The van der Waals surface area contributed by atoms with Gasteiger partial charge >= 0.3 is 6.09 Å². The summed E-state index contributed by atoms with van der Waals surface area (Å²) in [4.78, 5) is 19.1. The normalized spacial score (nSPS) is 25.8. The Morgan fingerprint density at radius 3 is 2.68 bits per heavy atom. The molecule has 0 spiro atoms. The molecule has 3 rings (SSSR count). The second-order valence-corrected chi connectivity index (χ2v) is 10.4. The Hall–Kier alpha value is -1.28. The van der Waals surface area contributed by atoms with Crippen LogP contribution in [0.3, 0.4) is 0 Å². The molecule has 2 atom stereocenters. The number of carbonyl (C=O) groups excluding carboxylic acids is 1. The zero-order valence-corrected chi connectivity index (χ0v) is 18.6. The van der Waals surface area contributed by atoms with Crippen LogP contribution < -0.4 is 0 Å². The van der Waals surface area contributed by atoms with Crippen molar-refractivity contribution in [1.82, 2.24) is 20.1 Å². The van der Waals surface area contributed by atoms with Crippen molar-refractivity contribution in [3.8, 4) is 0 Å². The van der Waals surface area contributed by atoms with Crippen molar-refractivity contribution < 1.29 is 14.3 Å². The number of nitrogens with zero attached hydrogens (tertiary/aromatic N) is 3. The minimum atomic E-state index is -0.700. The number of hydrogen-bond acceptors (Lipinski definition) is 6. The van der Waals surface area contributed by atoms with Crippen LogP contribution in [-0.2, 0) is 9.47 Å². The van der Waals surface area contributed by atoms with Gasteiger partial charge in [0.25, 0.3) is 0 Å². The van der Waals surface area contributed by atoms with Gasteiger partial charge in [-0.05, 0) is 47.0 Å². The van der Waals surface area contributed by atoms with Crippen LogP contribution >= 0.6 is 11.8 Å². The predicted molar refractivity (Wildman–Crippen MR) is 109 cm³/mol. The first-order valence-corrected chi connectivity index (χ1v) is 11.3. The van der Waals surface area contributed by atoms with Crippen LogP contribution in [0.2, 0.25) is 0 Å². The van der Waals surface area contributed by atoms with Gasteiger partial charge in [0.2, 0.25) is 0 Å². The van der Waals surface area contributed by atoms with Gasteiger partial charge in [-0.3, -0.25) is 10.00 Å². The molecule has 1 aromatic rings. The van der Waals surface area contributed by atoms with Gasteiger partial charge < -0.3 is 9.47 Å². The number of ether oxygens (including phenoxy) is 2. The molecule has 0 radical (unpaired) electrons. The monoisotopic (exact) mass is 410 g/mol. The number of H-pyrrole nitrogens is 1. The highest BCUT2D eigenvalue weighted by atomic mass is 32.2. The summed E-state index contributed by atoms with van der Waals surface area (Å²) in [6, 6.07) is 0.00312. The lowest BCUT2D eigenvalue weighted by atomic mass is 9.83. The first-order valence-electron chi connectivity index (χ1n) is 10.3. The van der Waals surface area contributed by atoms with Crippen LogP contribution in [0.1, 0.15) is 73.1 Å². The molecular formula is C20H34N4O3S. The molecule has 2 fully saturated rings. The number of hydrogen-bond donors (Lipinski definition) is 1. The molecule has 1 saturated heterocycles. The lowest BCUT2D eigenvalue weighted by Crippen LogP contribution is -2.51. The third-order valence-electron chi connectivity index (χ3n) is 5.45. The van der Waals surface area contributed by atoms with Crippen molar-refractivity contribution in [1.29, 1.82) is 0 Å². The van der Waals surface area contributed by atoms with E-state index in [2.05, 4.69) is 15.2 Å². The Balaban J connectivity index is 1.77. The van der Waals surface area contributed by atoms with E-state index in [0.29, 0.717) is 5.92 Å². The SMILES string of the molecule is CC(C)(C)OC(=O)N1[C@@H](CC2CCCCC2)[C@H](CSc2ncn[nH]2)OC1(C)C. The van der Waals surface area contributed by atoms with E-state index in [1.807, 2.05) is 39.5 Å². The molecule has 1 amide bonds. The molecule has 1 aromatic heterocycles. The number of rotatable bonds is 5. The summed E-state index contributed by atoms with van der Waals surface area (Å²) in [5.74, 6) is 1.36. The molecule has 2 aliphatic rings. The van der Waals surface area contributed by atoms with Crippen molar-refractivity contribution >= 4 is 17.9 Å². The van der Waals surface area contributed by atoms with Crippen LogP contribution in [0, 0.1) is 5.92 Å².